The van der Waals surface area contributed by atoms with Crippen molar-refractivity contribution < 1.29 is 14.3 Å². The molecule has 40 heavy (non-hydrogen) atoms. The Morgan fingerprint density at radius 3 is 2.08 bits per heavy atom. The number of ether oxygens (including phenoxy) is 1. The van der Waals surface area contributed by atoms with Crippen LogP contribution in [-0.4, -0.2) is 59.0 Å². The SMILES string of the molecule is CCOC(=O)c1cc(-c2ccccc2)n(CC(=O)N2CCN([C@@H](c3ccccc3)c3ccc(Cl)cc3)CC2)c1C. The first-order chi connectivity index (χ1) is 19.5. The maximum absolute atomic E-state index is 13.6. The first-order valence-corrected chi connectivity index (χ1v) is 14.1. The van der Waals surface area contributed by atoms with Gasteiger partial charge < -0.3 is 14.2 Å². The van der Waals surface area contributed by atoms with Gasteiger partial charge in [-0.1, -0.05) is 84.4 Å². The fourth-order valence-corrected chi connectivity index (χ4v) is 5.60. The molecule has 3 aromatic carbocycles. The van der Waals surface area contributed by atoms with Gasteiger partial charge in [-0.3, -0.25) is 9.69 Å². The fraction of sp³-hybridized carbons (Fsp3) is 0.273. The van der Waals surface area contributed by atoms with E-state index in [4.69, 9.17) is 16.3 Å². The third-order valence-electron chi connectivity index (χ3n) is 7.56. The molecule has 0 aliphatic carbocycles. The molecule has 5 rings (SSSR count). The maximum Gasteiger partial charge on any atom is 0.339 e. The molecule has 1 amide bonds. The molecule has 0 radical (unpaired) electrons. The summed E-state index contributed by atoms with van der Waals surface area (Å²) in [4.78, 5) is 30.6. The van der Waals surface area contributed by atoms with Crippen LogP contribution in [0.1, 0.15) is 40.1 Å². The normalized spacial score (nSPS) is 14.6. The average Bonchev–Trinajstić information content (AvgIpc) is 3.31. The summed E-state index contributed by atoms with van der Waals surface area (Å²) in [6, 6.07) is 30.2. The lowest BCUT2D eigenvalue weighted by Gasteiger charge is -2.40. The van der Waals surface area contributed by atoms with E-state index in [2.05, 4.69) is 41.3 Å². The number of halogens is 1. The van der Waals surface area contributed by atoms with Crippen molar-refractivity contribution in [2.75, 3.05) is 32.8 Å². The molecule has 1 fully saturated rings. The second-order valence-corrected chi connectivity index (χ2v) is 10.4. The Balaban J connectivity index is 1.34. The summed E-state index contributed by atoms with van der Waals surface area (Å²) in [5.41, 5.74) is 5.40. The number of esters is 1. The highest BCUT2D eigenvalue weighted by Crippen LogP contribution is 2.31. The molecule has 7 heteroatoms. The Morgan fingerprint density at radius 1 is 0.850 bits per heavy atom. The first kappa shape index (κ1) is 27.7. The molecule has 0 N–H and O–H groups in total. The van der Waals surface area contributed by atoms with Gasteiger partial charge in [-0.15, -0.1) is 0 Å². The van der Waals surface area contributed by atoms with Crippen molar-refractivity contribution in [2.45, 2.75) is 26.4 Å². The lowest BCUT2D eigenvalue weighted by molar-refractivity contribution is -0.133. The number of rotatable bonds is 8. The molecule has 1 saturated heterocycles. The van der Waals surface area contributed by atoms with Crippen molar-refractivity contribution >= 4 is 23.5 Å². The maximum atomic E-state index is 13.6. The number of carbonyl (C=O) groups is 2. The molecular formula is C33H34ClN3O3. The second-order valence-electron chi connectivity index (χ2n) is 9.98. The van der Waals surface area contributed by atoms with Crippen LogP contribution in [0.2, 0.25) is 5.02 Å². The number of amides is 1. The molecule has 4 aromatic rings. The van der Waals surface area contributed by atoms with Crippen LogP contribution in [-0.2, 0) is 16.1 Å². The van der Waals surface area contributed by atoms with E-state index in [1.54, 1.807) is 6.92 Å². The lowest BCUT2D eigenvalue weighted by atomic mass is 9.96. The smallest absolute Gasteiger partial charge is 0.339 e. The molecule has 0 unspecified atom stereocenters. The Kier molecular flexibility index (Phi) is 8.68. The van der Waals surface area contributed by atoms with Gasteiger partial charge in [-0.25, -0.2) is 4.79 Å². The molecule has 2 heterocycles. The molecular weight excluding hydrogens is 522 g/mol. The Labute approximate surface area is 240 Å². The van der Waals surface area contributed by atoms with Gasteiger partial charge in [0.2, 0.25) is 5.91 Å². The number of hydrogen-bond acceptors (Lipinski definition) is 4. The van der Waals surface area contributed by atoms with Crippen LogP contribution in [0, 0.1) is 6.92 Å². The van der Waals surface area contributed by atoms with Gasteiger partial charge in [-0.05, 0) is 48.7 Å². The van der Waals surface area contributed by atoms with Crippen LogP contribution in [0.25, 0.3) is 11.3 Å². The topological polar surface area (TPSA) is 54.8 Å². The minimum absolute atomic E-state index is 0.0358. The van der Waals surface area contributed by atoms with E-state index in [1.807, 2.05) is 71.0 Å². The number of hydrogen-bond donors (Lipinski definition) is 0. The molecule has 0 spiro atoms. The molecule has 1 aliphatic heterocycles. The summed E-state index contributed by atoms with van der Waals surface area (Å²) in [5.74, 6) is -0.333. The standard InChI is InChI=1S/C33H34ClN3O3/c1-3-40-33(39)29-22-30(25-10-6-4-7-11-25)37(24(29)2)23-31(38)35-18-20-36(21-19-35)32(26-12-8-5-9-13-26)27-14-16-28(34)17-15-27/h4-17,22,32H,3,18-21,23H2,1-2H3/t32-/m0/s1. The summed E-state index contributed by atoms with van der Waals surface area (Å²) < 4.78 is 7.23. The van der Waals surface area contributed by atoms with Gasteiger partial charge in [0.25, 0.3) is 0 Å². The predicted molar refractivity (Wildman–Crippen MR) is 158 cm³/mol. The minimum atomic E-state index is -0.369. The quantitative estimate of drug-likeness (QED) is 0.242. The van der Waals surface area contributed by atoms with E-state index < -0.39 is 0 Å². The second kappa shape index (κ2) is 12.5. The van der Waals surface area contributed by atoms with Crippen molar-refractivity contribution in [1.29, 1.82) is 0 Å². The molecule has 1 aromatic heterocycles. The largest absolute Gasteiger partial charge is 0.462 e. The van der Waals surface area contributed by atoms with Crippen molar-refractivity contribution in [3.8, 4) is 11.3 Å². The van der Waals surface area contributed by atoms with Crippen LogP contribution >= 0.6 is 11.6 Å². The summed E-state index contributed by atoms with van der Waals surface area (Å²) >= 11 is 6.18. The van der Waals surface area contributed by atoms with Crippen LogP contribution in [0.4, 0.5) is 0 Å². The highest BCUT2D eigenvalue weighted by molar-refractivity contribution is 6.30. The van der Waals surface area contributed by atoms with Gasteiger partial charge in [0, 0.05) is 42.6 Å². The third kappa shape index (κ3) is 5.98. The van der Waals surface area contributed by atoms with E-state index in [0.29, 0.717) is 30.3 Å². The van der Waals surface area contributed by atoms with Crippen molar-refractivity contribution in [3.63, 3.8) is 0 Å². The van der Waals surface area contributed by atoms with E-state index in [1.165, 1.54) is 11.1 Å². The summed E-state index contributed by atoms with van der Waals surface area (Å²) in [5, 5.41) is 0.715. The van der Waals surface area contributed by atoms with Gasteiger partial charge in [0.1, 0.15) is 6.54 Å². The minimum Gasteiger partial charge on any atom is -0.462 e. The van der Waals surface area contributed by atoms with E-state index >= 15 is 0 Å². The molecule has 1 atom stereocenters. The Hall–Kier alpha value is -3.87. The van der Waals surface area contributed by atoms with Crippen LogP contribution in [0.15, 0.2) is 91.0 Å². The Morgan fingerprint density at radius 2 is 1.45 bits per heavy atom. The van der Waals surface area contributed by atoms with Crippen LogP contribution < -0.4 is 0 Å². The molecule has 206 valence electrons. The van der Waals surface area contributed by atoms with Crippen molar-refractivity contribution in [2.24, 2.45) is 0 Å². The van der Waals surface area contributed by atoms with Gasteiger partial charge in [0.15, 0.2) is 0 Å². The van der Waals surface area contributed by atoms with Crippen molar-refractivity contribution in [1.82, 2.24) is 14.4 Å². The molecule has 1 aliphatic rings. The average molecular weight is 556 g/mol. The van der Waals surface area contributed by atoms with E-state index in [9.17, 15) is 9.59 Å². The van der Waals surface area contributed by atoms with E-state index in [0.717, 1.165) is 30.0 Å². The van der Waals surface area contributed by atoms with Crippen LogP contribution in [0.3, 0.4) is 0 Å². The number of carbonyl (C=O) groups excluding carboxylic acids is 2. The number of aromatic nitrogens is 1. The highest BCUT2D eigenvalue weighted by Gasteiger charge is 2.29. The monoisotopic (exact) mass is 555 g/mol. The van der Waals surface area contributed by atoms with Gasteiger partial charge >= 0.3 is 5.97 Å². The number of piperazine rings is 1. The lowest BCUT2D eigenvalue weighted by Crippen LogP contribution is -2.50. The molecule has 0 saturated carbocycles. The third-order valence-corrected chi connectivity index (χ3v) is 7.81. The van der Waals surface area contributed by atoms with Crippen molar-refractivity contribution in [3.05, 3.63) is 118 Å². The zero-order chi connectivity index (χ0) is 28.1. The summed E-state index contributed by atoms with van der Waals surface area (Å²) in [6.07, 6.45) is 0. The fourth-order valence-electron chi connectivity index (χ4n) is 5.47. The number of nitrogens with zero attached hydrogens (tertiary/aromatic N) is 3. The summed E-state index contributed by atoms with van der Waals surface area (Å²) in [7, 11) is 0. The highest BCUT2D eigenvalue weighted by atomic mass is 35.5. The zero-order valence-electron chi connectivity index (χ0n) is 22.9. The number of benzene rings is 3. The van der Waals surface area contributed by atoms with E-state index in [-0.39, 0.29) is 24.5 Å². The molecule has 6 nitrogen and oxygen atoms in total. The first-order valence-electron chi connectivity index (χ1n) is 13.7. The molecule has 0 bridgehead atoms. The van der Waals surface area contributed by atoms with Gasteiger partial charge in [0.05, 0.1) is 18.2 Å². The zero-order valence-corrected chi connectivity index (χ0v) is 23.7. The summed E-state index contributed by atoms with van der Waals surface area (Å²) in [6.45, 7) is 6.88. The predicted octanol–water partition coefficient (Wildman–Crippen LogP) is 6.23. The Bertz CT molecular complexity index is 1440. The van der Waals surface area contributed by atoms with Gasteiger partial charge in [-0.2, -0.15) is 0 Å². The van der Waals surface area contributed by atoms with Crippen LogP contribution in [0.5, 0.6) is 0 Å².